The Labute approximate surface area is 53.5 Å². The molecular weight excluding hydrogens is 128 g/mol. The molecule has 0 rings (SSSR count). The quantitative estimate of drug-likeness (QED) is 0.597. The molecule has 0 saturated heterocycles. The molecule has 0 fully saturated rings. The molecule has 0 aromatic carbocycles. The highest BCUT2D eigenvalue weighted by Gasteiger charge is 2.10. The summed E-state index contributed by atoms with van der Waals surface area (Å²) in [7, 11) is 0. The van der Waals surface area contributed by atoms with Gasteiger partial charge in [0.05, 0.1) is 0 Å². The number of halogens is 1. The van der Waals surface area contributed by atoms with Crippen molar-refractivity contribution in [2.45, 2.75) is 25.1 Å². The average Bonchev–Trinajstić information content (AvgIpc) is 1.67. The fraction of sp³-hybridized carbons (Fsp3) is 0.800. The average molecular weight is 137 g/mol. The van der Waals surface area contributed by atoms with Gasteiger partial charge in [-0.1, -0.05) is 13.3 Å². The van der Waals surface area contributed by atoms with E-state index in [2.05, 4.69) is 0 Å². The first kappa shape index (κ1) is 7.76. The normalized spacial score (nSPS) is 13.2. The minimum Gasteiger partial charge on any atom is -0.480 e. The maximum absolute atomic E-state index is 9.96. The highest BCUT2D eigenvalue weighted by atomic mass is 35.5. The van der Waals surface area contributed by atoms with Crippen molar-refractivity contribution < 1.29 is 9.90 Å². The van der Waals surface area contributed by atoms with Crippen LogP contribution in [0.5, 0.6) is 0 Å². The van der Waals surface area contributed by atoms with Crippen LogP contribution in [0.15, 0.2) is 0 Å². The second kappa shape index (κ2) is 3.72. The molecule has 0 aromatic rings. The molecule has 0 aromatic heterocycles. The SMILES string of the molecule is CCC[C@@H](Cl)C(=O)O. The summed E-state index contributed by atoms with van der Waals surface area (Å²) in [6.07, 6.45) is 1.37. The van der Waals surface area contributed by atoms with Crippen LogP contribution in [-0.2, 0) is 4.79 Å². The molecule has 48 valence electrons. The van der Waals surface area contributed by atoms with Crippen molar-refractivity contribution in [2.24, 2.45) is 0 Å². The second-order valence-corrected chi connectivity index (χ2v) is 2.12. The Balaban J connectivity index is 3.32. The van der Waals surface area contributed by atoms with E-state index < -0.39 is 11.3 Å². The maximum Gasteiger partial charge on any atom is 0.321 e. The molecule has 0 spiro atoms. The number of rotatable bonds is 3. The molecule has 1 atom stereocenters. The van der Waals surface area contributed by atoms with Gasteiger partial charge in [0.2, 0.25) is 0 Å². The van der Waals surface area contributed by atoms with Gasteiger partial charge in [0, 0.05) is 0 Å². The molecule has 0 radical (unpaired) electrons. The van der Waals surface area contributed by atoms with Gasteiger partial charge < -0.3 is 5.11 Å². The summed E-state index contributed by atoms with van der Waals surface area (Å²) in [6, 6.07) is 0. The van der Waals surface area contributed by atoms with Crippen molar-refractivity contribution in [2.75, 3.05) is 0 Å². The van der Waals surface area contributed by atoms with Gasteiger partial charge >= 0.3 is 5.97 Å². The summed E-state index contributed by atoms with van der Waals surface area (Å²) in [4.78, 5) is 9.96. The number of carbonyl (C=O) groups is 1. The Bertz CT molecular complexity index is 82.5. The van der Waals surface area contributed by atoms with Crippen molar-refractivity contribution in [3.8, 4) is 0 Å². The predicted molar refractivity (Wildman–Crippen MR) is 32.2 cm³/mol. The number of carboxylic acids is 1. The highest BCUT2D eigenvalue weighted by Crippen LogP contribution is 2.03. The third-order valence-corrected chi connectivity index (χ3v) is 1.21. The van der Waals surface area contributed by atoms with Gasteiger partial charge in [0.25, 0.3) is 0 Å². The van der Waals surface area contributed by atoms with Gasteiger partial charge in [-0.25, -0.2) is 0 Å². The van der Waals surface area contributed by atoms with E-state index in [0.717, 1.165) is 6.42 Å². The van der Waals surface area contributed by atoms with Gasteiger partial charge in [0.1, 0.15) is 5.38 Å². The first-order valence-electron chi connectivity index (χ1n) is 2.55. The van der Waals surface area contributed by atoms with Crippen LogP contribution in [0.4, 0.5) is 0 Å². The smallest absolute Gasteiger partial charge is 0.321 e. The van der Waals surface area contributed by atoms with E-state index in [0.29, 0.717) is 6.42 Å². The largest absolute Gasteiger partial charge is 0.480 e. The molecule has 0 bridgehead atoms. The van der Waals surface area contributed by atoms with Crippen LogP contribution < -0.4 is 0 Å². The molecule has 8 heavy (non-hydrogen) atoms. The Kier molecular flexibility index (Phi) is 3.61. The Morgan fingerprint density at radius 2 is 2.38 bits per heavy atom. The number of alkyl halides is 1. The molecule has 2 nitrogen and oxygen atoms in total. The molecule has 0 unspecified atom stereocenters. The summed E-state index contributed by atoms with van der Waals surface area (Å²) in [5.74, 6) is -0.923. The monoisotopic (exact) mass is 136 g/mol. The van der Waals surface area contributed by atoms with Gasteiger partial charge in [-0.2, -0.15) is 0 Å². The third kappa shape index (κ3) is 2.86. The van der Waals surface area contributed by atoms with Crippen LogP contribution in [0.1, 0.15) is 19.8 Å². The first-order chi connectivity index (χ1) is 3.68. The van der Waals surface area contributed by atoms with Gasteiger partial charge in [0.15, 0.2) is 0 Å². The van der Waals surface area contributed by atoms with Crippen molar-refractivity contribution in [3.05, 3.63) is 0 Å². The van der Waals surface area contributed by atoms with Crippen molar-refractivity contribution in [3.63, 3.8) is 0 Å². The minimum absolute atomic E-state index is 0.552. The lowest BCUT2D eigenvalue weighted by atomic mass is 10.2. The molecule has 3 heteroatoms. The fourth-order valence-electron chi connectivity index (χ4n) is 0.377. The van der Waals surface area contributed by atoms with Crippen LogP contribution >= 0.6 is 11.6 Å². The fourth-order valence-corrected chi connectivity index (χ4v) is 0.595. The molecular formula is C5H9ClO2. The van der Waals surface area contributed by atoms with E-state index in [1.165, 1.54) is 0 Å². The maximum atomic E-state index is 9.96. The Morgan fingerprint density at radius 3 is 2.50 bits per heavy atom. The summed E-state index contributed by atoms with van der Waals surface area (Å²) in [5.41, 5.74) is 0. The van der Waals surface area contributed by atoms with E-state index in [-0.39, 0.29) is 0 Å². The lowest BCUT2D eigenvalue weighted by Gasteiger charge is -1.97. The number of carboxylic acid groups (broad SMARTS) is 1. The molecule has 0 heterocycles. The summed E-state index contributed by atoms with van der Waals surface area (Å²) < 4.78 is 0. The van der Waals surface area contributed by atoms with Gasteiger partial charge in [-0.3, -0.25) is 4.79 Å². The lowest BCUT2D eigenvalue weighted by Crippen LogP contribution is -2.11. The second-order valence-electron chi connectivity index (χ2n) is 1.59. The summed E-state index contributed by atoms with van der Waals surface area (Å²) >= 11 is 5.32. The van der Waals surface area contributed by atoms with Gasteiger partial charge in [-0.05, 0) is 6.42 Å². The third-order valence-electron chi connectivity index (χ3n) is 0.810. The molecule has 0 aliphatic heterocycles. The van der Waals surface area contributed by atoms with E-state index >= 15 is 0 Å². The van der Waals surface area contributed by atoms with Crippen LogP contribution in [0.25, 0.3) is 0 Å². The van der Waals surface area contributed by atoms with E-state index in [9.17, 15) is 4.79 Å². The number of hydrogen-bond donors (Lipinski definition) is 1. The van der Waals surface area contributed by atoms with Crippen LogP contribution in [0.3, 0.4) is 0 Å². The molecule has 0 aliphatic carbocycles. The van der Waals surface area contributed by atoms with Crippen molar-refractivity contribution >= 4 is 17.6 Å². The van der Waals surface area contributed by atoms with Crippen LogP contribution in [-0.4, -0.2) is 16.5 Å². The topological polar surface area (TPSA) is 37.3 Å². The van der Waals surface area contributed by atoms with Crippen LogP contribution in [0.2, 0.25) is 0 Å². The first-order valence-corrected chi connectivity index (χ1v) is 2.99. The Morgan fingerprint density at radius 1 is 1.88 bits per heavy atom. The summed E-state index contributed by atoms with van der Waals surface area (Å²) in [6.45, 7) is 1.90. The minimum atomic E-state index is -0.923. The van der Waals surface area contributed by atoms with E-state index in [1.807, 2.05) is 6.92 Å². The zero-order valence-electron chi connectivity index (χ0n) is 4.72. The number of hydrogen-bond acceptors (Lipinski definition) is 1. The predicted octanol–water partition coefficient (Wildman–Crippen LogP) is 1.48. The molecule has 1 N–H and O–H groups in total. The van der Waals surface area contributed by atoms with Crippen LogP contribution in [0, 0.1) is 0 Å². The standard InChI is InChI=1S/C5H9ClO2/c1-2-3-4(6)5(7)8/h4H,2-3H2,1H3,(H,7,8)/t4-/m1/s1. The van der Waals surface area contributed by atoms with Gasteiger partial charge in [-0.15, -0.1) is 11.6 Å². The van der Waals surface area contributed by atoms with E-state index in [4.69, 9.17) is 16.7 Å². The lowest BCUT2D eigenvalue weighted by molar-refractivity contribution is -0.136. The highest BCUT2D eigenvalue weighted by molar-refractivity contribution is 6.29. The molecule has 0 aliphatic rings. The summed E-state index contributed by atoms with van der Waals surface area (Å²) in [5, 5.41) is 7.49. The van der Waals surface area contributed by atoms with Crippen molar-refractivity contribution in [1.29, 1.82) is 0 Å². The number of aliphatic carboxylic acids is 1. The zero-order valence-corrected chi connectivity index (χ0v) is 5.48. The Hall–Kier alpha value is -0.240. The molecule has 0 amide bonds. The van der Waals surface area contributed by atoms with E-state index in [1.54, 1.807) is 0 Å². The zero-order chi connectivity index (χ0) is 6.57. The van der Waals surface area contributed by atoms with Crippen molar-refractivity contribution in [1.82, 2.24) is 0 Å². The molecule has 0 saturated carbocycles.